The lowest BCUT2D eigenvalue weighted by molar-refractivity contribution is 0.0513. The van der Waals surface area contributed by atoms with Crippen molar-refractivity contribution in [3.05, 3.63) is 34.4 Å². The first kappa shape index (κ1) is 17.1. The molecule has 2 heterocycles. The zero-order chi connectivity index (χ0) is 17.4. The number of amides is 1. The normalized spacial score (nSPS) is 13.7. The fourth-order valence-corrected chi connectivity index (χ4v) is 2.73. The van der Waals surface area contributed by atoms with Gasteiger partial charge in [0.25, 0.3) is 5.91 Å². The molecule has 0 saturated heterocycles. The molecule has 0 spiro atoms. The number of furan rings is 1. The van der Waals surface area contributed by atoms with Gasteiger partial charge < -0.3 is 19.6 Å². The number of carbonyl (C=O) groups is 1. The number of aryl methyl sites for hydroxylation is 4. The van der Waals surface area contributed by atoms with Crippen LogP contribution in [0.4, 0.5) is 0 Å². The van der Waals surface area contributed by atoms with Gasteiger partial charge in [-0.3, -0.25) is 4.79 Å². The van der Waals surface area contributed by atoms with Crippen LogP contribution in [0.25, 0.3) is 0 Å². The fourth-order valence-electron chi connectivity index (χ4n) is 2.73. The van der Waals surface area contributed by atoms with Gasteiger partial charge in [0.1, 0.15) is 22.7 Å². The van der Waals surface area contributed by atoms with Gasteiger partial charge in [-0.1, -0.05) is 0 Å². The SMILES string of the molecule is COc1c(C(=O)NC[C@@](C)(O)c2cc(C)oc2C)c(C)nn1C. The Balaban J connectivity index is 2.17. The van der Waals surface area contributed by atoms with E-state index in [2.05, 4.69) is 10.4 Å². The van der Waals surface area contributed by atoms with Crippen LogP contribution in [-0.4, -0.2) is 34.4 Å². The van der Waals surface area contributed by atoms with Crippen LogP contribution in [0.1, 0.15) is 40.1 Å². The maximum absolute atomic E-state index is 12.4. The molecule has 23 heavy (non-hydrogen) atoms. The molecular formula is C16H23N3O4. The highest BCUT2D eigenvalue weighted by atomic mass is 16.5. The summed E-state index contributed by atoms with van der Waals surface area (Å²) in [4.78, 5) is 12.4. The van der Waals surface area contributed by atoms with Crippen molar-refractivity contribution in [2.75, 3.05) is 13.7 Å². The van der Waals surface area contributed by atoms with E-state index in [1.54, 1.807) is 33.9 Å². The molecule has 0 unspecified atom stereocenters. The molecule has 0 fully saturated rings. The Morgan fingerprint density at radius 3 is 2.65 bits per heavy atom. The number of aromatic nitrogens is 2. The molecule has 0 saturated carbocycles. The van der Waals surface area contributed by atoms with Gasteiger partial charge in [0.15, 0.2) is 0 Å². The predicted molar refractivity (Wildman–Crippen MR) is 84.6 cm³/mol. The number of hydrogen-bond acceptors (Lipinski definition) is 5. The van der Waals surface area contributed by atoms with Crippen LogP contribution in [0.5, 0.6) is 5.88 Å². The highest BCUT2D eigenvalue weighted by molar-refractivity contribution is 5.97. The Morgan fingerprint density at radius 2 is 2.13 bits per heavy atom. The second kappa shape index (κ2) is 6.08. The lowest BCUT2D eigenvalue weighted by atomic mass is 9.96. The van der Waals surface area contributed by atoms with Crippen molar-refractivity contribution in [1.29, 1.82) is 0 Å². The van der Waals surface area contributed by atoms with Crippen molar-refractivity contribution in [3.63, 3.8) is 0 Å². The van der Waals surface area contributed by atoms with Gasteiger partial charge in [0, 0.05) is 12.6 Å². The summed E-state index contributed by atoms with van der Waals surface area (Å²) in [6.07, 6.45) is 0. The highest BCUT2D eigenvalue weighted by Crippen LogP contribution is 2.27. The molecule has 0 aromatic carbocycles. The Labute approximate surface area is 135 Å². The summed E-state index contributed by atoms with van der Waals surface area (Å²) in [6, 6.07) is 1.78. The van der Waals surface area contributed by atoms with E-state index in [-0.39, 0.29) is 12.5 Å². The van der Waals surface area contributed by atoms with Crippen LogP contribution in [0.3, 0.4) is 0 Å². The minimum absolute atomic E-state index is 0.0448. The molecule has 2 N–H and O–H groups in total. The Hall–Kier alpha value is -2.28. The standard InChI is InChI=1S/C16H23N3O4/c1-9-7-12(11(3)23-9)16(4,21)8-17-14(20)13-10(2)18-19(5)15(13)22-6/h7,21H,8H2,1-6H3,(H,17,20)/t16-/m1/s1. The van der Waals surface area contributed by atoms with Crippen molar-refractivity contribution in [2.24, 2.45) is 7.05 Å². The minimum Gasteiger partial charge on any atom is -0.481 e. The summed E-state index contributed by atoms with van der Waals surface area (Å²) >= 11 is 0. The van der Waals surface area contributed by atoms with Crippen LogP contribution in [0.2, 0.25) is 0 Å². The number of nitrogens with one attached hydrogen (secondary N) is 1. The molecule has 7 nitrogen and oxygen atoms in total. The van der Waals surface area contributed by atoms with Crippen LogP contribution in [0, 0.1) is 20.8 Å². The molecule has 2 aromatic rings. The smallest absolute Gasteiger partial charge is 0.258 e. The second-order valence-corrected chi connectivity index (χ2v) is 5.88. The van der Waals surface area contributed by atoms with Crippen molar-refractivity contribution in [1.82, 2.24) is 15.1 Å². The first-order valence-corrected chi connectivity index (χ1v) is 7.33. The zero-order valence-electron chi connectivity index (χ0n) is 14.4. The number of methoxy groups -OCH3 is 1. The molecule has 126 valence electrons. The lowest BCUT2D eigenvalue weighted by Gasteiger charge is -2.23. The highest BCUT2D eigenvalue weighted by Gasteiger charge is 2.29. The number of carbonyl (C=O) groups excluding carboxylic acids is 1. The average molecular weight is 321 g/mol. The van der Waals surface area contributed by atoms with Crippen LogP contribution >= 0.6 is 0 Å². The zero-order valence-corrected chi connectivity index (χ0v) is 14.4. The molecule has 0 aliphatic carbocycles. The Morgan fingerprint density at radius 1 is 1.48 bits per heavy atom. The number of ether oxygens (including phenoxy) is 1. The quantitative estimate of drug-likeness (QED) is 0.873. The van der Waals surface area contributed by atoms with Gasteiger partial charge in [-0.05, 0) is 33.8 Å². The molecule has 1 atom stereocenters. The third kappa shape index (κ3) is 3.24. The van der Waals surface area contributed by atoms with Gasteiger partial charge >= 0.3 is 0 Å². The summed E-state index contributed by atoms with van der Waals surface area (Å²) in [5.74, 6) is 1.39. The number of rotatable bonds is 5. The third-order valence-electron chi connectivity index (χ3n) is 3.80. The predicted octanol–water partition coefficient (Wildman–Crippen LogP) is 1.58. The van der Waals surface area contributed by atoms with Crippen LogP contribution in [-0.2, 0) is 12.6 Å². The first-order valence-electron chi connectivity index (χ1n) is 7.33. The summed E-state index contributed by atoms with van der Waals surface area (Å²) in [7, 11) is 3.19. The summed E-state index contributed by atoms with van der Waals surface area (Å²) in [6.45, 7) is 7.02. The molecule has 0 aliphatic rings. The van der Waals surface area contributed by atoms with Gasteiger partial charge in [-0.25, -0.2) is 4.68 Å². The summed E-state index contributed by atoms with van der Waals surface area (Å²) < 4.78 is 12.2. The lowest BCUT2D eigenvalue weighted by Crippen LogP contribution is -2.39. The Kier molecular flexibility index (Phi) is 4.51. The molecule has 0 bridgehead atoms. The van der Waals surface area contributed by atoms with Gasteiger partial charge in [0.05, 0.1) is 19.3 Å². The number of hydrogen-bond donors (Lipinski definition) is 2. The molecule has 2 aromatic heterocycles. The topological polar surface area (TPSA) is 89.5 Å². The molecule has 2 rings (SSSR count). The number of nitrogens with zero attached hydrogens (tertiary/aromatic N) is 2. The van der Waals surface area contributed by atoms with E-state index in [0.717, 1.165) is 0 Å². The van der Waals surface area contributed by atoms with Crippen molar-refractivity contribution in [3.8, 4) is 5.88 Å². The summed E-state index contributed by atoms with van der Waals surface area (Å²) in [5, 5.41) is 17.6. The molecule has 0 radical (unpaired) electrons. The molecular weight excluding hydrogens is 298 g/mol. The largest absolute Gasteiger partial charge is 0.481 e. The van der Waals surface area contributed by atoms with Crippen LogP contribution in [0.15, 0.2) is 10.5 Å². The summed E-state index contributed by atoms with van der Waals surface area (Å²) in [5.41, 5.74) is 0.355. The molecule has 1 amide bonds. The van der Waals surface area contributed by atoms with E-state index >= 15 is 0 Å². The van der Waals surface area contributed by atoms with Crippen molar-refractivity contribution in [2.45, 2.75) is 33.3 Å². The van der Waals surface area contributed by atoms with E-state index in [1.807, 2.05) is 6.92 Å². The average Bonchev–Trinajstić information content (AvgIpc) is 2.95. The maximum Gasteiger partial charge on any atom is 0.258 e. The monoisotopic (exact) mass is 321 g/mol. The van der Waals surface area contributed by atoms with Crippen molar-refractivity contribution < 1.29 is 19.1 Å². The van der Waals surface area contributed by atoms with Gasteiger partial charge in [0.2, 0.25) is 5.88 Å². The minimum atomic E-state index is -1.24. The van der Waals surface area contributed by atoms with E-state index < -0.39 is 5.60 Å². The molecule has 7 heteroatoms. The van der Waals surface area contributed by atoms with Gasteiger partial charge in [-0.2, -0.15) is 5.10 Å². The Bertz CT molecular complexity index is 728. The molecule has 0 aliphatic heterocycles. The first-order chi connectivity index (χ1) is 10.7. The second-order valence-electron chi connectivity index (χ2n) is 5.88. The van der Waals surface area contributed by atoms with E-state index in [0.29, 0.717) is 34.2 Å². The van der Waals surface area contributed by atoms with Gasteiger partial charge in [-0.15, -0.1) is 0 Å². The third-order valence-corrected chi connectivity index (χ3v) is 3.80. The maximum atomic E-state index is 12.4. The van der Waals surface area contributed by atoms with Crippen molar-refractivity contribution >= 4 is 5.91 Å². The van der Waals surface area contributed by atoms with E-state index in [4.69, 9.17) is 9.15 Å². The fraction of sp³-hybridized carbons (Fsp3) is 0.500. The van der Waals surface area contributed by atoms with Crippen LogP contribution < -0.4 is 10.1 Å². The van der Waals surface area contributed by atoms with E-state index in [9.17, 15) is 9.90 Å². The van der Waals surface area contributed by atoms with E-state index in [1.165, 1.54) is 11.8 Å². The number of aliphatic hydroxyl groups is 1.